The van der Waals surface area contributed by atoms with Crippen LogP contribution in [0.4, 0.5) is 6.01 Å². The van der Waals surface area contributed by atoms with Crippen LogP contribution in [0, 0.1) is 0 Å². The summed E-state index contributed by atoms with van der Waals surface area (Å²) in [6.45, 7) is 2.55. The molecule has 0 atom stereocenters. The second kappa shape index (κ2) is 8.25. The van der Waals surface area contributed by atoms with E-state index in [4.69, 9.17) is 9.15 Å². The Labute approximate surface area is 163 Å². The largest absolute Gasteiger partial charge is 0.494 e. The molecule has 1 aromatic heterocycles. The van der Waals surface area contributed by atoms with Crippen molar-refractivity contribution in [1.29, 1.82) is 0 Å². The Hall–Kier alpha value is -3.15. The van der Waals surface area contributed by atoms with Crippen LogP contribution in [0.3, 0.4) is 0 Å². The van der Waals surface area contributed by atoms with Gasteiger partial charge in [0.05, 0.1) is 13.0 Å². The maximum atomic E-state index is 12.3. The predicted molar refractivity (Wildman–Crippen MR) is 106 cm³/mol. The number of rotatable bonds is 6. The van der Waals surface area contributed by atoms with Gasteiger partial charge in [-0.1, -0.05) is 23.3 Å². The van der Waals surface area contributed by atoms with Crippen LogP contribution in [0.5, 0.6) is 5.75 Å². The third-order valence-electron chi connectivity index (χ3n) is 4.87. The molecule has 0 spiro atoms. The molecule has 0 saturated carbocycles. The molecule has 0 saturated heterocycles. The van der Waals surface area contributed by atoms with Gasteiger partial charge in [0.1, 0.15) is 5.75 Å². The maximum absolute atomic E-state index is 12.3. The van der Waals surface area contributed by atoms with Gasteiger partial charge in [-0.05, 0) is 73.6 Å². The van der Waals surface area contributed by atoms with E-state index in [2.05, 4.69) is 27.6 Å². The summed E-state index contributed by atoms with van der Waals surface area (Å²) in [6, 6.07) is 13.8. The number of amides is 1. The van der Waals surface area contributed by atoms with Gasteiger partial charge in [0, 0.05) is 5.56 Å². The van der Waals surface area contributed by atoms with Crippen molar-refractivity contribution in [3.05, 3.63) is 59.2 Å². The molecule has 1 heterocycles. The number of carbonyl (C=O) groups is 1. The summed E-state index contributed by atoms with van der Waals surface area (Å²) in [5.41, 5.74) is 4.52. The molecule has 2 aromatic carbocycles. The van der Waals surface area contributed by atoms with Crippen molar-refractivity contribution in [2.75, 3.05) is 11.9 Å². The number of anilines is 1. The summed E-state index contributed by atoms with van der Waals surface area (Å²) in [5, 5.41) is 10.7. The van der Waals surface area contributed by atoms with E-state index in [0.717, 1.165) is 29.7 Å². The van der Waals surface area contributed by atoms with Gasteiger partial charge in [-0.15, -0.1) is 5.10 Å². The highest BCUT2D eigenvalue weighted by Crippen LogP contribution is 2.27. The molecule has 0 fully saturated rings. The number of carbonyl (C=O) groups excluding carboxylic acids is 1. The van der Waals surface area contributed by atoms with E-state index < -0.39 is 0 Å². The molecule has 1 aliphatic rings. The van der Waals surface area contributed by atoms with Crippen LogP contribution >= 0.6 is 0 Å². The number of benzene rings is 2. The van der Waals surface area contributed by atoms with Crippen molar-refractivity contribution in [3.8, 4) is 17.2 Å². The summed E-state index contributed by atoms with van der Waals surface area (Å²) in [7, 11) is 0. The van der Waals surface area contributed by atoms with Crippen LogP contribution in [0.1, 0.15) is 36.5 Å². The number of hydrogen-bond donors (Lipinski definition) is 1. The van der Waals surface area contributed by atoms with E-state index in [1.165, 1.54) is 24.0 Å². The standard InChI is InChI=1S/C22H23N3O3/c1-2-27-19-11-7-15(8-12-19)13-20(26)23-22-25-24-21(28-22)18-10-9-16-5-3-4-6-17(16)14-18/h7-12,14H,2-6,13H2,1H3,(H,23,25,26). The predicted octanol–water partition coefficient (Wildman–Crippen LogP) is 4.20. The number of nitrogens with one attached hydrogen (secondary N) is 1. The summed E-state index contributed by atoms with van der Waals surface area (Å²) in [6.07, 6.45) is 4.91. The maximum Gasteiger partial charge on any atom is 0.322 e. The zero-order valence-electron chi connectivity index (χ0n) is 15.9. The topological polar surface area (TPSA) is 77.2 Å². The molecule has 144 valence electrons. The monoisotopic (exact) mass is 377 g/mol. The number of aromatic nitrogens is 2. The minimum absolute atomic E-state index is 0.114. The number of hydrogen-bond acceptors (Lipinski definition) is 5. The Morgan fingerprint density at radius 1 is 1.07 bits per heavy atom. The molecule has 1 amide bonds. The average Bonchev–Trinajstić information content (AvgIpc) is 3.17. The SMILES string of the molecule is CCOc1ccc(CC(=O)Nc2nnc(-c3ccc4c(c3)CCCC4)o2)cc1. The fourth-order valence-electron chi connectivity index (χ4n) is 3.48. The Kier molecular flexibility index (Phi) is 5.37. The van der Waals surface area contributed by atoms with E-state index in [-0.39, 0.29) is 18.3 Å². The van der Waals surface area contributed by atoms with Gasteiger partial charge < -0.3 is 9.15 Å². The Morgan fingerprint density at radius 2 is 1.86 bits per heavy atom. The normalized spacial score (nSPS) is 13.0. The first-order chi connectivity index (χ1) is 13.7. The molecule has 0 unspecified atom stereocenters. The zero-order valence-corrected chi connectivity index (χ0v) is 15.9. The fourth-order valence-corrected chi connectivity index (χ4v) is 3.48. The van der Waals surface area contributed by atoms with Crippen molar-refractivity contribution in [1.82, 2.24) is 10.2 Å². The lowest BCUT2D eigenvalue weighted by Crippen LogP contribution is -2.14. The van der Waals surface area contributed by atoms with Crippen LogP contribution in [0.15, 0.2) is 46.9 Å². The Bertz CT molecular complexity index is 963. The van der Waals surface area contributed by atoms with E-state index in [1.54, 1.807) is 0 Å². The van der Waals surface area contributed by atoms with Gasteiger partial charge in [0.15, 0.2) is 0 Å². The molecule has 6 nitrogen and oxygen atoms in total. The van der Waals surface area contributed by atoms with Crippen LogP contribution in [-0.2, 0) is 24.1 Å². The lowest BCUT2D eigenvalue weighted by atomic mass is 9.90. The number of nitrogens with zero attached hydrogens (tertiary/aromatic N) is 2. The summed E-state index contributed by atoms with van der Waals surface area (Å²) in [5.74, 6) is 1.01. The molecule has 3 aromatic rings. The number of fused-ring (bicyclic) bond motifs is 1. The van der Waals surface area contributed by atoms with E-state index in [9.17, 15) is 4.79 Å². The first-order valence-corrected chi connectivity index (χ1v) is 9.68. The van der Waals surface area contributed by atoms with Crippen molar-refractivity contribution >= 4 is 11.9 Å². The third kappa shape index (κ3) is 4.22. The molecular weight excluding hydrogens is 354 g/mol. The molecule has 0 bridgehead atoms. The molecule has 1 aliphatic carbocycles. The van der Waals surface area contributed by atoms with Crippen molar-refractivity contribution in [2.24, 2.45) is 0 Å². The van der Waals surface area contributed by atoms with E-state index in [1.807, 2.05) is 37.3 Å². The minimum Gasteiger partial charge on any atom is -0.494 e. The quantitative estimate of drug-likeness (QED) is 0.697. The second-order valence-electron chi connectivity index (χ2n) is 6.90. The average molecular weight is 377 g/mol. The summed E-state index contributed by atoms with van der Waals surface area (Å²) in [4.78, 5) is 12.3. The van der Waals surface area contributed by atoms with Gasteiger partial charge in [0.2, 0.25) is 11.8 Å². The summed E-state index contributed by atoms with van der Waals surface area (Å²) < 4.78 is 11.1. The van der Waals surface area contributed by atoms with E-state index in [0.29, 0.717) is 12.5 Å². The van der Waals surface area contributed by atoms with Crippen LogP contribution < -0.4 is 10.1 Å². The van der Waals surface area contributed by atoms with Gasteiger partial charge in [-0.3, -0.25) is 10.1 Å². The Balaban J connectivity index is 1.39. The first kappa shape index (κ1) is 18.2. The lowest BCUT2D eigenvalue weighted by molar-refractivity contribution is -0.115. The molecule has 0 aliphatic heterocycles. The van der Waals surface area contributed by atoms with Crippen LogP contribution in [-0.4, -0.2) is 22.7 Å². The Morgan fingerprint density at radius 3 is 2.64 bits per heavy atom. The van der Waals surface area contributed by atoms with Crippen molar-refractivity contribution in [2.45, 2.75) is 39.0 Å². The van der Waals surface area contributed by atoms with Gasteiger partial charge in [-0.25, -0.2) is 0 Å². The lowest BCUT2D eigenvalue weighted by Gasteiger charge is -2.15. The smallest absolute Gasteiger partial charge is 0.322 e. The molecule has 1 N–H and O–H groups in total. The molecule has 4 rings (SSSR count). The highest BCUT2D eigenvalue weighted by molar-refractivity contribution is 5.90. The fraction of sp³-hybridized carbons (Fsp3) is 0.318. The third-order valence-corrected chi connectivity index (χ3v) is 4.87. The van der Waals surface area contributed by atoms with Gasteiger partial charge in [0.25, 0.3) is 0 Å². The zero-order chi connectivity index (χ0) is 19.3. The van der Waals surface area contributed by atoms with Gasteiger partial charge in [-0.2, -0.15) is 0 Å². The molecule has 0 radical (unpaired) electrons. The summed E-state index contributed by atoms with van der Waals surface area (Å²) >= 11 is 0. The highest BCUT2D eigenvalue weighted by atomic mass is 16.5. The van der Waals surface area contributed by atoms with Crippen LogP contribution in [0.2, 0.25) is 0 Å². The molecule has 6 heteroatoms. The number of aryl methyl sites for hydroxylation is 2. The first-order valence-electron chi connectivity index (χ1n) is 9.68. The van der Waals surface area contributed by atoms with Crippen molar-refractivity contribution in [3.63, 3.8) is 0 Å². The highest BCUT2D eigenvalue weighted by Gasteiger charge is 2.15. The van der Waals surface area contributed by atoms with Gasteiger partial charge >= 0.3 is 6.01 Å². The number of ether oxygens (including phenoxy) is 1. The van der Waals surface area contributed by atoms with Crippen molar-refractivity contribution < 1.29 is 13.9 Å². The second-order valence-corrected chi connectivity index (χ2v) is 6.90. The minimum atomic E-state index is -0.204. The molecule has 28 heavy (non-hydrogen) atoms. The van der Waals surface area contributed by atoms with E-state index >= 15 is 0 Å². The van der Waals surface area contributed by atoms with Crippen LogP contribution in [0.25, 0.3) is 11.5 Å². The molecular formula is C22H23N3O3.